The average molecular weight is 359 g/mol. The summed E-state index contributed by atoms with van der Waals surface area (Å²) in [5.74, 6) is 4.56. The molecule has 0 unspecified atom stereocenters. The van der Waals surface area contributed by atoms with E-state index in [0.717, 1.165) is 4.90 Å². The fourth-order valence-electron chi connectivity index (χ4n) is 1.70. The average Bonchev–Trinajstić information content (AvgIpc) is 2.48. The zero-order chi connectivity index (χ0) is 20.0. The molecule has 0 fully saturated rings. The molecule has 0 saturated heterocycles. The third-order valence-corrected chi connectivity index (χ3v) is 2.70. The monoisotopic (exact) mass is 359 g/mol. The molecule has 1 aromatic carbocycles. The van der Waals surface area contributed by atoms with Crippen molar-refractivity contribution in [2.45, 2.75) is 52.7 Å². The van der Waals surface area contributed by atoms with Gasteiger partial charge in [-0.2, -0.15) is 0 Å². The lowest BCUT2D eigenvalue weighted by atomic mass is 10.1. The molecule has 0 bridgehead atoms. The van der Waals surface area contributed by atoms with Crippen LogP contribution in [0.1, 0.15) is 51.9 Å². The number of hydrogen-bond acceptors (Lipinski definition) is 5. The van der Waals surface area contributed by atoms with E-state index in [1.165, 1.54) is 0 Å². The van der Waals surface area contributed by atoms with E-state index in [0.29, 0.717) is 5.56 Å². The van der Waals surface area contributed by atoms with Crippen LogP contribution in [0.25, 0.3) is 0 Å². The largest absolute Gasteiger partial charge is 0.443 e. The van der Waals surface area contributed by atoms with Crippen LogP contribution in [-0.2, 0) is 9.47 Å². The Morgan fingerprint density at radius 3 is 1.77 bits per heavy atom. The van der Waals surface area contributed by atoms with E-state index in [2.05, 4.69) is 11.8 Å². The van der Waals surface area contributed by atoms with Crippen molar-refractivity contribution in [1.82, 2.24) is 4.90 Å². The van der Waals surface area contributed by atoms with Gasteiger partial charge in [0.2, 0.25) is 5.78 Å². The minimum Gasteiger partial charge on any atom is -0.443 e. The molecule has 0 N–H and O–H groups in total. The van der Waals surface area contributed by atoms with Crippen molar-refractivity contribution < 1.29 is 23.9 Å². The minimum absolute atomic E-state index is 0.317. The highest BCUT2D eigenvalue weighted by molar-refractivity contribution is 6.09. The van der Waals surface area contributed by atoms with Crippen molar-refractivity contribution in [2.24, 2.45) is 0 Å². The fourth-order valence-corrected chi connectivity index (χ4v) is 1.70. The Hall–Kier alpha value is -2.81. The van der Waals surface area contributed by atoms with E-state index in [4.69, 9.17) is 9.47 Å². The van der Waals surface area contributed by atoms with Crippen LogP contribution in [0.3, 0.4) is 0 Å². The molecule has 0 saturated carbocycles. The van der Waals surface area contributed by atoms with Crippen LogP contribution in [0, 0.1) is 11.8 Å². The van der Waals surface area contributed by atoms with Gasteiger partial charge in [-0.05, 0) is 47.5 Å². The second-order valence-electron chi connectivity index (χ2n) is 7.54. The van der Waals surface area contributed by atoms with Crippen LogP contribution in [0.2, 0.25) is 0 Å². The molecule has 6 nitrogen and oxygen atoms in total. The summed E-state index contributed by atoms with van der Waals surface area (Å²) in [6.45, 7) is 9.78. The second kappa shape index (κ2) is 8.52. The summed E-state index contributed by atoms with van der Waals surface area (Å²) in [4.78, 5) is 37.3. The van der Waals surface area contributed by atoms with Gasteiger partial charge < -0.3 is 9.47 Å². The SMILES string of the molecule is CC(C)(C)OC(=O)N(CC#CC(=O)c1ccccc1)C(=O)OC(C)(C)C. The number of hydrogen-bond donors (Lipinski definition) is 0. The molecule has 0 spiro atoms. The predicted molar refractivity (Wildman–Crippen MR) is 97.7 cm³/mol. The van der Waals surface area contributed by atoms with E-state index >= 15 is 0 Å². The summed E-state index contributed by atoms with van der Waals surface area (Å²) in [7, 11) is 0. The summed E-state index contributed by atoms with van der Waals surface area (Å²) in [6.07, 6.45) is -1.76. The van der Waals surface area contributed by atoms with E-state index in [1.54, 1.807) is 71.9 Å². The van der Waals surface area contributed by atoms with Crippen molar-refractivity contribution in [3.8, 4) is 11.8 Å². The molecule has 1 rings (SSSR count). The number of rotatable bonds is 2. The van der Waals surface area contributed by atoms with Gasteiger partial charge in [0.15, 0.2) is 0 Å². The Morgan fingerprint density at radius 2 is 1.35 bits per heavy atom. The molecule has 0 aliphatic carbocycles. The van der Waals surface area contributed by atoms with Crippen molar-refractivity contribution >= 4 is 18.0 Å². The number of Topliss-reactive ketones (excluding diaryl/α,β-unsaturated/α-hetero) is 1. The molecule has 0 radical (unpaired) electrons. The quantitative estimate of drug-likeness (QED) is 0.452. The topological polar surface area (TPSA) is 72.9 Å². The van der Waals surface area contributed by atoms with Gasteiger partial charge in [0, 0.05) is 5.56 Å². The Kier molecular flexibility index (Phi) is 6.96. The molecule has 26 heavy (non-hydrogen) atoms. The molecule has 140 valence electrons. The zero-order valence-corrected chi connectivity index (χ0v) is 16.1. The van der Waals surface area contributed by atoms with Crippen molar-refractivity contribution in [3.05, 3.63) is 35.9 Å². The summed E-state index contributed by atoms with van der Waals surface area (Å²) < 4.78 is 10.4. The highest BCUT2D eigenvalue weighted by Gasteiger charge is 2.30. The maximum absolute atomic E-state index is 12.3. The summed E-state index contributed by atoms with van der Waals surface area (Å²) in [6, 6.07) is 8.51. The Bertz CT molecular complexity index is 687. The lowest BCUT2D eigenvalue weighted by Gasteiger charge is -2.27. The molecule has 6 heteroatoms. The third-order valence-electron chi connectivity index (χ3n) is 2.70. The Morgan fingerprint density at radius 1 is 0.885 bits per heavy atom. The Labute approximate surface area is 154 Å². The highest BCUT2D eigenvalue weighted by Crippen LogP contribution is 2.14. The number of amides is 2. The van der Waals surface area contributed by atoms with Crippen molar-refractivity contribution in [3.63, 3.8) is 0 Å². The Balaban J connectivity index is 2.92. The predicted octanol–water partition coefficient (Wildman–Crippen LogP) is 4.04. The lowest BCUT2D eigenvalue weighted by Crippen LogP contribution is -2.43. The number of nitrogens with zero attached hydrogens (tertiary/aromatic N) is 1. The van der Waals surface area contributed by atoms with Gasteiger partial charge in [-0.25, -0.2) is 14.5 Å². The number of carbonyl (C=O) groups is 3. The molecule has 0 atom stereocenters. The maximum atomic E-state index is 12.3. The number of ketones is 1. The molecular weight excluding hydrogens is 334 g/mol. The number of benzene rings is 1. The van der Waals surface area contributed by atoms with E-state index in [-0.39, 0.29) is 6.54 Å². The van der Waals surface area contributed by atoms with E-state index in [1.807, 2.05) is 0 Å². The summed E-state index contributed by atoms with van der Waals surface area (Å²) in [5.41, 5.74) is -1.14. The zero-order valence-electron chi connectivity index (χ0n) is 16.1. The first kappa shape index (κ1) is 21.2. The fraction of sp³-hybridized carbons (Fsp3) is 0.450. The molecule has 0 aliphatic rings. The molecular formula is C20H25NO5. The third kappa shape index (κ3) is 7.84. The number of carbonyl (C=O) groups excluding carboxylic acids is 3. The first-order chi connectivity index (χ1) is 11.9. The normalized spacial score (nSPS) is 11.0. The highest BCUT2D eigenvalue weighted by atomic mass is 16.6. The molecule has 0 heterocycles. The molecule has 0 aromatic heterocycles. The summed E-state index contributed by atoms with van der Waals surface area (Å²) >= 11 is 0. The lowest BCUT2D eigenvalue weighted by molar-refractivity contribution is 0.00409. The standard InChI is InChI=1S/C20H25NO5/c1-19(2,3)25-17(23)21(18(24)26-20(4,5)6)14-10-13-16(22)15-11-8-7-9-12-15/h7-9,11-12H,14H2,1-6H3. The molecule has 1 aromatic rings. The van der Waals surface area contributed by atoms with Crippen molar-refractivity contribution in [1.29, 1.82) is 0 Å². The van der Waals surface area contributed by atoms with Crippen LogP contribution < -0.4 is 0 Å². The number of ether oxygens (including phenoxy) is 2. The van der Waals surface area contributed by atoms with Gasteiger partial charge in [0.1, 0.15) is 11.2 Å². The molecule has 0 aliphatic heterocycles. The van der Waals surface area contributed by atoms with E-state index in [9.17, 15) is 14.4 Å². The first-order valence-corrected chi connectivity index (χ1v) is 8.21. The van der Waals surface area contributed by atoms with Crippen LogP contribution in [0.4, 0.5) is 9.59 Å². The van der Waals surface area contributed by atoms with Crippen molar-refractivity contribution in [2.75, 3.05) is 6.54 Å². The van der Waals surface area contributed by atoms with Gasteiger partial charge in [0.25, 0.3) is 0 Å². The smallest absolute Gasteiger partial charge is 0.420 e. The van der Waals surface area contributed by atoms with Gasteiger partial charge in [-0.3, -0.25) is 4.79 Å². The van der Waals surface area contributed by atoms with Gasteiger partial charge in [0.05, 0.1) is 6.54 Å². The first-order valence-electron chi connectivity index (χ1n) is 8.21. The second-order valence-corrected chi connectivity index (χ2v) is 7.54. The van der Waals surface area contributed by atoms with Crippen LogP contribution in [0.15, 0.2) is 30.3 Å². The van der Waals surface area contributed by atoms with E-state index < -0.39 is 29.2 Å². The van der Waals surface area contributed by atoms with Crippen LogP contribution in [0.5, 0.6) is 0 Å². The van der Waals surface area contributed by atoms with Crippen LogP contribution in [-0.4, -0.2) is 40.6 Å². The summed E-state index contributed by atoms with van der Waals surface area (Å²) in [5, 5.41) is 0. The maximum Gasteiger partial charge on any atom is 0.420 e. The minimum atomic E-state index is -0.881. The van der Waals surface area contributed by atoms with Gasteiger partial charge in [-0.15, -0.1) is 0 Å². The molecule has 2 amide bonds. The van der Waals surface area contributed by atoms with Gasteiger partial charge >= 0.3 is 12.2 Å². The van der Waals surface area contributed by atoms with Crippen LogP contribution >= 0.6 is 0 Å². The van der Waals surface area contributed by atoms with Gasteiger partial charge in [-0.1, -0.05) is 36.3 Å². The number of imide groups is 1.